The van der Waals surface area contributed by atoms with Gasteiger partial charge < -0.3 is 19.5 Å². The minimum atomic E-state index is 0.241. The largest absolute Gasteiger partial charge is 0.490 e. The summed E-state index contributed by atoms with van der Waals surface area (Å²) in [4.78, 5) is 0. The fraction of sp³-hybridized carbons (Fsp3) is 0.600. The van der Waals surface area contributed by atoms with Gasteiger partial charge in [0.15, 0.2) is 11.5 Å². The van der Waals surface area contributed by atoms with Crippen molar-refractivity contribution in [3.05, 3.63) is 23.8 Å². The van der Waals surface area contributed by atoms with Crippen LogP contribution >= 0.6 is 0 Å². The van der Waals surface area contributed by atoms with Crippen LogP contribution in [0.2, 0.25) is 0 Å². The lowest BCUT2D eigenvalue weighted by molar-refractivity contribution is 0.0759. The molecular formula is C15H23NO3. The molecule has 0 bridgehead atoms. The Morgan fingerprint density at radius 1 is 1.26 bits per heavy atom. The lowest BCUT2D eigenvalue weighted by Gasteiger charge is -2.13. The molecule has 0 fully saturated rings. The first-order chi connectivity index (χ1) is 9.29. The van der Waals surface area contributed by atoms with E-state index < -0.39 is 0 Å². The minimum Gasteiger partial charge on any atom is -0.490 e. The summed E-state index contributed by atoms with van der Waals surface area (Å²) < 4.78 is 16.8. The maximum atomic E-state index is 5.68. The van der Waals surface area contributed by atoms with Gasteiger partial charge in [-0.05, 0) is 31.5 Å². The second kappa shape index (κ2) is 7.36. The van der Waals surface area contributed by atoms with E-state index in [0.29, 0.717) is 0 Å². The Kier molecular flexibility index (Phi) is 5.48. The molecule has 4 heteroatoms. The van der Waals surface area contributed by atoms with Gasteiger partial charge >= 0.3 is 0 Å². The van der Waals surface area contributed by atoms with Crippen molar-refractivity contribution < 1.29 is 14.2 Å². The standard InChI is InChI=1S/C15H23NO3/c1-3-17-12(2)10-16-11-13-5-6-14-15(9-13)19-8-4-7-18-14/h5-6,9,12,16H,3-4,7-8,10-11H2,1-2H3. The Morgan fingerprint density at radius 3 is 2.84 bits per heavy atom. The molecule has 0 aliphatic carbocycles. The molecule has 106 valence electrons. The van der Waals surface area contributed by atoms with Gasteiger partial charge in [0.2, 0.25) is 0 Å². The van der Waals surface area contributed by atoms with Crippen molar-refractivity contribution in [3.8, 4) is 11.5 Å². The highest BCUT2D eigenvalue weighted by Gasteiger charge is 2.10. The zero-order valence-corrected chi connectivity index (χ0v) is 11.8. The molecule has 0 radical (unpaired) electrons. The van der Waals surface area contributed by atoms with Gasteiger partial charge in [-0.25, -0.2) is 0 Å². The summed E-state index contributed by atoms with van der Waals surface area (Å²) in [5.41, 5.74) is 1.20. The third kappa shape index (κ3) is 4.40. The molecule has 1 N–H and O–H groups in total. The lowest BCUT2D eigenvalue weighted by atomic mass is 10.2. The first-order valence-corrected chi connectivity index (χ1v) is 7.00. The molecule has 19 heavy (non-hydrogen) atoms. The van der Waals surface area contributed by atoms with E-state index in [1.54, 1.807) is 0 Å². The Labute approximate surface area is 115 Å². The fourth-order valence-corrected chi connectivity index (χ4v) is 2.08. The van der Waals surface area contributed by atoms with Crippen LogP contribution in [0.4, 0.5) is 0 Å². The third-order valence-corrected chi connectivity index (χ3v) is 3.02. The summed E-state index contributed by atoms with van der Waals surface area (Å²) in [6.45, 7) is 7.97. The topological polar surface area (TPSA) is 39.7 Å². The number of fused-ring (bicyclic) bond motifs is 1. The van der Waals surface area contributed by atoms with Gasteiger partial charge in [0, 0.05) is 26.1 Å². The predicted molar refractivity (Wildman–Crippen MR) is 74.8 cm³/mol. The van der Waals surface area contributed by atoms with Crippen LogP contribution < -0.4 is 14.8 Å². The molecule has 0 spiro atoms. The highest BCUT2D eigenvalue weighted by Crippen LogP contribution is 2.30. The molecule has 2 rings (SSSR count). The summed E-state index contributed by atoms with van der Waals surface area (Å²) in [5, 5.41) is 3.39. The van der Waals surface area contributed by atoms with E-state index in [4.69, 9.17) is 14.2 Å². The third-order valence-electron chi connectivity index (χ3n) is 3.02. The van der Waals surface area contributed by atoms with E-state index in [1.807, 2.05) is 13.0 Å². The van der Waals surface area contributed by atoms with Crippen LogP contribution in [0.25, 0.3) is 0 Å². The maximum absolute atomic E-state index is 5.68. The molecule has 0 amide bonds. The van der Waals surface area contributed by atoms with Crippen LogP contribution in [0, 0.1) is 0 Å². The number of hydrogen-bond donors (Lipinski definition) is 1. The summed E-state index contributed by atoms with van der Waals surface area (Å²) in [6, 6.07) is 6.12. The van der Waals surface area contributed by atoms with E-state index in [-0.39, 0.29) is 6.10 Å². The Hall–Kier alpha value is -1.26. The molecule has 4 nitrogen and oxygen atoms in total. The van der Waals surface area contributed by atoms with Crippen molar-refractivity contribution in [2.45, 2.75) is 32.9 Å². The first-order valence-electron chi connectivity index (χ1n) is 7.00. The average Bonchev–Trinajstić information content (AvgIpc) is 2.63. The van der Waals surface area contributed by atoms with Crippen LogP contribution in [0.3, 0.4) is 0 Å². The summed E-state index contributed by atoms with van der Waals surface area (Å²) in [7, 11) is 0. The SMILES string of the molecule is CCOC(C)CNCc1ccc2c(c1)OCCCO2. The highest BCUT2D eigenvalue weighted by molar-refractivity contribution is 5.43. The molecule has 1 aromatic rings. The number of hydrogen-bond acceptors (Lipinski definition) is 4. The number of benzene rings is 1. The normalized spacial score (nSPS) is 15.9. The Morgan fingerprint density at radius 2 is 2.05 bits per heavy atom. The van der Waals surface area contributed by atoms with Crippen molar-refractivity contribution in [1.82, 2.24) is 5.32 Å². The van der Waals surface area contributed by atoms with Gasteiger partial charge in [-0.3, -0.25) is 0 Å². The maximum Gasteiger partial charge on any atom is 0.161 e. The van der Waals surface area contributed by atoms with E-state index >= 15 is 0 Å². The fourth-order valence-electron chi connectivity index (χ4n) is 2.08. The van der Waals surface area contributed by atoms with Gasteiger partial charge in [-0.2, -0.15) is 0 Å². The van der Waals surface area contributed by atoms with Crippen molar-refractivity contribution in [1.29, 1.82) is 0 Å². The van der Waals surface area contributed by atoms with Gasteiger partial charge in [-0.1, -0.05) is 6.07 Å². The van der Waals surface area contributed by atoms with E-state index in [9.17, 15) is 0 Å². The second-order valence-electron chi connectivity index (χ2n) is 4.73. The van der Waals surface area contributed by atoms with E-state index in [0.717, 1.165) is 50.8 Å². The summed E-state index contributed by atoms with van der Waals surface area (Å²) >= 11 is 0. The zero-order chi connectivity index (χ0) is 13.5. The van der Waals surface area contributed by atoms with Crippen LogP contribution in [0.15, 0.2) is 18.2 Å². The summed E-state index contributed by atoms with van der Waals surface area (Å²) in [6.07, 6.45) is 1.18. The minimum absolute atomic E-state index is 0.241. The van der Waals surface area contributed by atoms with Gasteiger partial charge in [0.1, 0.15) is 0 Å². The van der Waals surface area contributed by atoms with Crippen molar-refractivity contribution in [3.63, 3.8) is 0 Å². The molecule has 1 heterocycles. The summed E-state index contributed by atoms with van der Waals surface area (Å²) in [5.74, 6) is 1.71. The first kappa shape index (κ1) is 14.2. The number of rotatable bonds is 6. The van der Waals surface area contributed by atoms with Crippen LogP contribution in [-0.4, -0.2) is 32.5 Å². The molecule has 1 unspecified atom stereocenters. The molecule has 1 aliphatic heterocycles. The van der Waals surface area contributed by atoms with Crippen molar-refractivity contribution >= 4 is 0 Å². The lowest BCUT2D eigenvalue weighted by Crippen LogP contribution is -2.26. The average molecular weight is 265 g/mol. The molecule has 0 saturated carbocycles. The van der Waals surface area contributed by atoms with Gasteiger partial charge in [-0.15, -0.1) is 0 Å². The van der Waals surface area contributed by atoms with E-state index in [2.05, 4.69) is 24.4 Å². The van der Waals surface area contributed by atoms with Gasteiger partial charge in [0.25, 0.3) is 0 Å². The van der Waals surface area contributed by atoms with Crippen LogP contribution in [-0.2, 0) is 11.3 Å². The molecule has 1 aliphatic rings. The smallest absolute Gasteiger partial charge is 0.161 e. The van der Waals surface area contributed by atoms with E-state index in [1.165, 1.54) is 5.56 Å². The highest BCUT2D eigenvalue weighted by atomic mass is 16.5. The number of nitrogens with one attached hydrogen (secondary N) is 1. The number of ether oxygens (including phenoxy) is 3. The molecular weight excluding hydrogens is 242 g/mol. The van der Waals surface area contributed by atoms with Crippen molar-refractivity contribution in [2.75, 3.05) is 26.4 Å². The second-order valence-corrected chi connectivity index (χ2v) is 4.73. The molecule has 0 aromatic heterocycles. The van der Waals surface area contributed by atoms with Crippen LogP contribution in [0.1, 0.15) is 25.8 Å². The van der Waals surface area contributed by atoms with Crippen molar-refractivity contribution in [2.24, 2.45) is 0 Å². The molecule has 1 aromatic carbocycles. The predicted octanol–water partition coefficient (Wildman–Crippen LogP) is 2.36. The zero-order valence-electron chi connectivity index (χ0n) is 11.8. The Balaban J connectivity index is 1.86. The van der Waals surface area contributed by atoms with Gasteiger partial charge in [0.05, 0.1) is 19.3 Å². The van der Waals surface area contributed by atoms with Crippen LogP contribution in [0.5, 0.6) is 11.5 Å². The quantitative estimate of drug-likeness (QED) is 0.857. The monoisotopic (exact) mass is 265 g/mol. The molecule has 1 atom stereocenters. The molecule has 0 saturated heterocycles. The Bertz CT molecular complexity index is 395.